The largest absolute Gasteiger partial charge is 0 e. The van der Waals surface area contributed by atoms with Crippen LogP contribution in [-0.4, -0.2) is 23.2 Å². The number of hydrogen-bond donors (Lipinski definition) is 0. The van der Waals surface area contributed by atoms with Gasteiger partial charge >= 0.3 is 121 Å². The summed E-state index contributed by atoms with van der Waals surface area (Å²) in [6.07, 6.45) is 3.53. The van der Waals surface area contributed by atoms with Crippen molar-refractivity contribution in [2.75, 3.05) is 0 Å². The first-order valence-corrected chi connectivity index (χ1v) is 21.9. The third-order valence-corrected chi connectivity index (χ3v) is 12.5. The van der Waals surface area contributed by atoms with Gasteiger partial charge in [0.2, 0.25) is 0 Å². The first-order chi connectivity index (χ1) is 22.2. The molecule has 0 fully saturated rings. The van der Waals surface area contributed by atoms with Crippen LogP contribution in [-0.2, 0) is 25.5 Å². The first kappa shape index (κ1) is 25.6. The Morgan fingerprint density at radius 2 is 1.70 bits per heavy atom. The molecule has 0 saturated carbocycles. The summed E-state index contributed by atoms with van der Waals surface area (Å²) < 4.78 is 62.3. The molecule has 0 atom stereocenters. The Balaban J connectivity index is 0.000000216. The number of thiophene rings is 1. The van der Waals surface area contributed by atoms with Crippen molar-refractivity contribution in [2.45, 2.75) is 57.2 Å². The average molecular weight is 832 g/mol. The molecule has 3 aromatic heterocycles. The van der Waals surface area contributed by atoms with Gasteiger partial charge in [0.25, 0.3) is 0 Å². The average Bonchev–Trinajstić information content (AvgIpc) is 3.37. The second kappa shape index (κ2) is 13.1. The van der Waals surface area contributed by atoms with Crippen LogP contribution >= 0.6 is 11.3 Å². The number of halogens is 1. The smallest absolute Gasteiger partial charge is 0 e. The van der Waals surface area contributed by atoms with Crippen molar-refractivity contribution >= 4 is 49.2 Å². The topological polar surface area (TPSA) is 25.8 Å². The van der Waals surface area contributed by atoms with Crippen molar-refractivity contribution in [2.24, 2.45) is 0 Å². The number of fused-ring (bicyclic) bond motifs is 3. The molecule has 0 amide bonds. The number of aromatic nitrogens is 2. The molecule has 2 nitrogen and oxygen atoms in total. The first-order valence-electron chi connectivity index (χ1n) is 16.8. The molecular weight excluding hydrogens is 788 g/mol. The maximum Gasteiger partial charge on any atom is 0 e. The fourth-order valence-corrected chi connectivity index (χ4v) is 8.71. The molecule has 0 bridgehead atoms. The Morgan fingerprint density at radius 1 is 0.884 bits per heavy atom. The molecule has 0 N–H and O–H groups in total. The summed E-state index contributed by atoms with van der Waals surface area (Å²) in [4.78, 5) is 8.97. The van der Waals surface area contributed by atoms with Crippen molar-refractivity contribution in [3.05, 3.63) is 114 Å². The van der Waals surface area contributed by atoms with Crippen LogP contribution in [0.25, 0.3) is 42.7 Å². The summed E-state index contributed by atoms with van der Waals surface area (Å²) in [6.45, 7) is 2.19. The van der Waals surface area contributed by atoms with Gasteiger partial charge in [-0.15, -0.1) is 23.8 Å². The fourth-order valence-electron chi connectivity index (χ4n) is 4.72. The quantitative estimate of drug-likeness (QED) is 0.131. The third kappa shape index (κ3) is 7.52. The van der Waals surface area contributed by atoms with Gasteiger partial charge in [0.05, 0.1) is 0 Å². The van der Waals surface area contributed by atoms with E-state index in [4.69, 9.17) is 8.22 Å². The Morgan fingerprint density at radius 3 is 2.37 bits per heavy atom. The molecule has 3 heterocycles. The minimum Gasteiger partial charge on any atom is 0 e. The monoisotopic (exact) mass is 833 g/mol. The van der Waals surface area contributed by atoms with Crippen molar-refractivity contribution in [1.82, 2.24) is 9.97 Å². The molecule has 6 aromatic rings. The molecular formula is C37H37FGeIrN2S-2. The molecule has 3 aromatic carbocycles. The van der Waals surface area contributed by atoms with E-state index in [0.29, 0.717) is 16.8 Å². The second-order valence-corrected chi connectivity index (χ2v) is 24.0. The van der Waals surface area contributed by atoms with Crippen LogP contribution in [0.5, 0.6) is 0 Å². The van der Waals surface area contributed by atoms with E-state index in [2.05, 4.69) is 72.3 Å². The zero-order valence-corrected chi connectivity index (χ0v) is 30.3. The zero-order chi connectivity index (χ0) is 35.2. The fraction of sp³-hybridized carbons (Fsp3) is 0.243. The number of benzene rings is 3. The molecule has 0 aliphatic rings. The van der Waals surface area contributed by atoms with E-state index in [1.807, 2.05) is 24.4 Å². The van der Waals surface area contributed by atoms with E-state index in [1.54, 1.807) is 35.7 Å². The van der Waals surface area contributed by atoms with Gasteiger partial charge in [-0.2, -0.15) is 11.3 Å². The molecule has 0 unspecified atom stereocenters. The van der Waals surface area contributed by atoms with Gasteiger partial charge in [-0.3, -0.25) is 0 Å². The Hall–Kier alpha value is -2.70. The van der Waals surface area contributed by atoms with Gasteiger partial charge in [0.15, 0.2) is 0 Å². The third-order valence-electron chi connectivity index (χ3n) is 7.08. The van der Waals surface area contributed by atoms with Gasteiger partial charge in [0.1, 0.15) is 5.82 Å². The van der Waals surface area contributed by atoms with Crippen LogP contribution in [0.4, 0.5) is 4.39 Å². The Kier molecular flexibility index (Phi) is 7.81. The van der Waals surface area contributed by atoms with E-state index in [9.17, 15) is 4.39 Å². The minimum atomic E-state index is -2.38. The second-order valence-electron chi connectivity index (χ2n) is 12.4. The van der Waals surface area contributed by atoms with Gasteiger partial charge in [-0.25, -0.2) is 4.39 Å². The number of hydrogen-bond acceptors (Lipinski definition) is 3. The van der Waals surface area contributed by atoms with Crippen LogP contribution in [0.3, 0.4) is 0 Å². The summed E-state index contributed by atoms with van der Waals surface area (Å²) in [7, 11) is 0. The predicted molar refractivity (Wildman–Crippen MR) is 181 cm³/mol. The van der Waals surface area contributed by atoms with Crippen LogP contribution in [0.15, 0.2) is 79.1 Å². The van der Waals surface area contributed by atoms with Crippen molar-refractivity contribution < 1.29 is 32.7 Å². The van der Waals surface area contributed by atoms with Crippen LogP contribution in [0.1, 0.15) is 45.7 Å². The van der Waals surface area contributed by atoms with Crippen molar-refractivity contribution in [1.29, 1.82) is 0 Å². The molecule has 43 heavy (non-hydrogen) atoms. The predicted octanol–water partition coefficient (Wildman–Crippen LogP) is 10.1. The molecule has 1 radical (unpaired) electrons. The summed E-state index contributed by atoms with van der Waals surface area (Å²) >= 11 is -0.713. The maximum absolute atomic E-state index is 13.6. The maximum atomic E-state index is 13.6. The molecule has 0 aliphatic heterocycles. The molecule has 0 aliphatic carbocycles. The summed E-state index contributed by atoms with van der Waals surface area (Å²) in [5.74, 6) is 6.18. The van der Waals surface area contributed by atoms with Crippen molar-refractivity contribution in [3.63, 3.8) is 0 Å². The standard InChI is InChI=1S/C21H17FNS.C16H20GeN.Ir/c1-21(2,3)13-9-10-23-18(11-13)16-6-4-5-15-17-12-14(22)7-8-19(17)24-20(15)16;1-12-6-8-14(9-7-12)16-10-13(2)15(11-18-16)17(3,4)5;/h4-5,7-12H,1-3H3;6-8,10-11H,1-5H3;/q2*-1;/i;1D3,2D3;. The summed E-state index contributed by atoms with van der Waals surface area (Å²) in [6, 6.07) is 25.4. The van der Waals surface area contributed by atoms with E-state index in [0.717, 1.165) is 35.8 Å². The SMILES string of the molecule is CC(C)(C)c1ccnc(-c2[c-]ccc3c2sc2ccc(F)cc23)c1.[2H]C([2H])([2H])c1c[c-]c(-c2cc(C([2H])([2H])[2H])[c]([Ge]([CH3])([CH3])[CH3])cn2)cc1.[Ir]. The molecule has 223 valence electrons. The van der Waals surface area contributed by atoms with Crippen molar-refractivity contribution in [3.8, 4) is 22.5 Å². The summed E-state index contributed by atoms with van der Waals surface area (Å²) in [5, 5.41) is 2.02. The summed E-state index contributed by atoms with van der Waals surface area (Å²) in [5.41, 5.74) is 4.83. The number of aryl methyl sites for hydroxylation is 2. The zero-order valence-electron chi connectivity index (χ0n) is 31.0. The van der Waals surface area contributed by atoms with Crippen LogP contribution < -0.4 is 4.40 Å². The molecule has 0 saturated heterocycles. The van der Waals surface area contributed by atoms with Crippen LogP contribution in [0.2, 0.25) is 17.3 Å². The Labute approximate surface area is 284 Å². The van der Waals surface area contributed by atoms with E-state index in [1.165, 1.54) is 23.8 Å². The van der Waals surface area contributed by atoms with E-state index >= 15 is 0 Å². The van der Waals surface area contributed by atoms with Crippen LogP contribution in [0, 0.1) is 31.7 Å². The molecule has 0 spiro atoms. The normalized spacial score (nSPS) is 14.3. The molecule has 6 rings (SSSR count). The minimum absolute atomic E-state index is 0. The van der Waals surface area contributed by atoms with Gasteiger partial charge < -0.3 is 4.98 Å². The number of rotatable bonds is 3. The number of pyridine rings is 2. The van der Waals surface area contributed by atoms with Gasteiger partial charge in [0, 0.05) is 31.0 Å². The Bertz CT molecular complexity index is 2100. The van der Waals surface area contributed by atoms with Gasteiger partial charge in [-0.05, 0) is 51.0 Å². The number of nitrogens with zero attached hydrogens (tertiary/aromatic N) is 2. The molecule has 6 heteroatoms. The van der Waals surface area contributed by atoms with Gasteiger partial charge in [-0.1, -0.05) is 32.2 Å². The van der Waals surface area contributed by atoms with E-state index in [-0.39, 0.29) is 36.9 Å². The van der Waals surface area contributed by atoms with E-state index < -0.39 is 27.0 Å².